The minimum Gasteiger partial charge on any atom is -0.481 e. The van der Waals surface area contributed by atoms with Crippen LogP contribution in [0.5, 0.6) is 0 Å². The highest BCUT2D eigenvalue weighted by Crippen LogP contribution is 2.24. The van der Waals surface area contributed by atoms with Gasteiger partial charge in [0.05, 0.1) is 11.6 Å². The average Bonchev–Trinajstić information content (AvgIpc) is 2.77. The molecule has 0 aromatic carbocycles. The number of carboxylic acids is 1. The molecule has 1 aromatic heterocycles. The van der Waals surface area contributed by atoms with Gasteiger partial charge in [0, 0.05) is 31.4 Å². The van der Waals surface area contributed by atoms with Crippen LogP contribution in [0.1, 0.15) is 43.9 Å². The predicted octanol–water partition coefficient (Wildman–Crippen LogP) is 1.72. The van der Waals surface area contributed by atoms with Gasteiger partial charge in [-0.25, -0.2) is 0 Å². The van der Waals surface area contributed by atoms with Crippen LogP contribution in [0.2, 0.25) is 0 Å². The van der Waals surface area contributed by atoms with E-state index >= 15 is 0 Å². The van der Waals surface area contributed by atoms with Gasteiger partial charge in [-0.2, -0.15) is 5.10 Å². The van der Waals surface area contributed by atoms with Crippen LogP contribution in [0.25, 0.3) is 0 Å². The smallest absolute Gasteiger partial charge is 0.306 e. The Kier molecular flexibility index (Phi) is 4.58. The van der Waals surface area contributed by atoms with Gasteiger partial charge in [0.15, 0.2) is 0 Å². The molecule has 5 nitrogen and oxygen atoms in total. The highest BCUT2D eigenvalue weighted by molar-refractivity contribution is 5.70. The standard InChI is InChI=1S/C14H23N3O2/c1-3-13-11(9-17(2)16-13)8-15-12-6-4-10(5-7-12)14(18)19/h9-10,12,15H,3-8H2,1-2H3,(H,18,19). The number of carboxylic acid groups (broad SMARTS) is 1. The highest BCUT2D eigenvalue weighted by Gasteiger charge is 2.25. The number of aryl methyl sites for hydroxylation is 2. The largest absolute Gasteiger partial charge is 0.481 e. The first kappa shape index (κ1) is 14.1. The normalized spacial score (nSPS) is 23.5. The van der Waals surface area contributed by atoms with Crippen LogP contribution in [0.15, 0.2) is 6.20 Å². The van der Waals surface area contributed by atoms with Gasteiger partial charge in [-0.05, 0) is 32.1 Å². The molecule has 1 fully saturated rings. The summed E-state index contributed by atoms with van der Waals surface area (Å²) in [7, 11) is 1.95. The molecule has 19 heavy (non-hydrogen) atoms. The van der Waals surface area contributed by atoms with Crippen LogP contribution in [0.3, 0.4) is 0 Å². The van der Waals surface area contributed by atoms with E-state index in [9.17, 15) is 4.79 Å². The Morgan fingerprint density at radius 3 is 2.74 bits per heavy atom. The molecule has 1 saturated carbocycles. The minimum absolute atomic E-state index is 0.136. The third-order valence-electron chi connectivity index (χ3n) is 3.98. The number of rotatable bonds is 5. The van der Waals surface area contributed by atoms with Crippen molar-refractivity contribution in [2.75, 3.05) is 0 Å². The molecule has 5 heteroatoms. The fourth-order valence-electron chi connectivity index (χ4n) is 2.83. The summed E-state index contributed by atoms with van der Waals surface area (Å²) in [5, 5.41) is 16.9. The first-order chi connectivity index (χ1) is 9.10. The lowest BCUT2D eigenvalue weighted by Gasteiger charge is -2.26. The Bertz CT molecular complexity index is 434. The number of nitrogens with one attached hydrogen (secondary N) is 1. The fraction of sp³-hybridized carbons (Fsp3) is 0.714. The van der Waals surface area contributed by atoms with E-state index in [2.05, 4.69) is 23.5 Å². The van der Waals surface area contributed by atoms with Gasteiger partial charge >= 0.3 is 5.97 Å². The van der Waals surface area contributed by atoms with Crippen LogP contribution in [0, 0.1) is 5.92 Å². The Morgan fingerprint density at radius 2 is 2.16 bits per heavy atom. The van der Waals surface area contributed by atoms with Crippen molar-refractivity contribution in [3.63, 3.8) is 0 Å². The molecule has 106 valence electrons. The van der Waals surface area contributed by atoms with E-state index in [0.717, 1.165) is 44.3 Å². The van der Waals surface area contributed by atoms with Crippen LogP contribution in [-0.4, -0.2) is 26.9 Å². The van der Waals surface area contributed by atoms with E-state index in [0.29, 0.717) is 6.04 Å². The van der Waals surface area contributed by atoms with E-state index in [4.69, 9.17) is 5.11 Å². The molecule has 2 rings (SSSR count). The molecular formula is C14H23N3O2. The summed E-state index contributed by atoms with van der Waals surface area (Å²) >= 11 is 0. The summed E-state index contributed by atoms with van der Waals surface area (Å²) in [6.45, 7) is 2.95. The van der Waals surface area contributed by atoms with Crippen LogP contribution < -0.4 is 5.32 Å². The maximum atomic E-state index is 10.9. The van der Waals surface area contributed by atoms with Crippen molar-refractivity contribution in [2.45, 2.75) is 51.6 Å². The van der Waals surface area contributed by atoms with Crippen molar-refractivity contribution >= 4 is 5.97 Å². The van der Waals surface area contributed by atoms with E-state index in [-0.39, 0.29) is 5.92 Å². The molecule has 0 unspecified atom stereocenters. The van der Waals surface area contributed by atoms with Crippen molar-refractivity contribution in [2.24, 2.45) is 13.0 Å². The lowest BCUT2D eigenvalue weighted by atomic mass is 9.86. The summed E-state index contributed by atoms with van der Waals surface area (Å²) in [5.41, 5.74) is 2.40. The molecule has 1 aromatic rings. The van der Waals surface area contributed by atoms with Gasteiger partial charge in [0.25, 0.3) is 0 Å². The Balaban J connectivity index is 1.82. The zero-order chi connectivity index (χ0) is 13.8. The zero-order valence-corrected chi connectivity index (χ0v) is 11.7. The number of aromatic nitrogens is 2. The molecule has 0 spiro atoms. The second kappa shape index (κ2) is 6.19. The molecule has 1 aliphatic rings. The second-order valence-electron chi connectivity index (χ2n) is 5.40. The Hall–Kier alpha value is -1.36. The van der Waals surface area contributed by atoms with Crippen molar-refractivity contribution in [3.8, 4) is 0 Å². The predicted molar refractivity (Wildman–Crippen MR) is 72.8 cm³/mol. The topological polar surface area (TPSA) is 67.2 Å². The van der Waals surface area contributed by atoms with Crippen molar-refractivity contribution < 1.29 is 9.90 Å². The third-order valence-corrected chi connectivity index (χ3v) is 3.98. The first-order valence-corrected chi connectivity index (χ1v) is 7.07. The fourth-order valence-corrected chi connectivity index (χ4v) is 2.83. The lowest BCUT2D eigenvalue weighted by molar-refractivity contribution is -0.142. The molecule has 0 bridgehead atoms. The second-order valence-corrected chi connectivity index (χ2v) is 5.40. The summed E-state index contributed by atoms with van der Waals surface area (Å²) < 4.78 is 1.86. The van der Waals surface area contributed by atoms with Crippen molar-refractivity contribution in [1.82, 2.24) is 15.1 Å². The van der Waals surface area contributed by atoms with E-state index in [1.165, 1.54) is 5.56 Å². The van der Waals surface area contributed by atoms with Crippen LogP contribution in [0.4, 0.5) is 0 Å². The summed E-state index contributed by atoms with van der Waals surface area (Å²) in [5.74, 6) is -0.776. The SMILES string of the molecule is CCc1nn(C)cc1CNC1CCC(C(=O)O)CC1. The number of carbonyl (C=O) groups is 1. The van der Waals surface area contributed by atoms with Crippen LogP contribution in [-0.2, 0) is 24.8 Å². The van der Waals surface area contributed by atoms with Gasteiger partial charge in [-0.15, -0.1) is 0 Å². The van der Waals surface area contributed by atoms with Gasteiger partial charge in [-0.1, -0.05) is 6.92 Å². The molecule has 1 heterocycles. The quantitative estimate of drug-likeness (QED) is 0.850. The third kappa shape index (κ3) is 3.56. The molecule has 0 saturated heterocycles. The first-order valence-electron chi connectivity index (χ1n) is 7.07. The van der Waals surface area contributed by atoms with Crippen molar-refractivity contribution in [1.29, 1.82) is 0 Å². The maximum absolute atomic E-state index is 10.9. The zero-order valence-electron chi connectivity index (χ0n) is 11.7. The Labute approximate surface area is 114 Å². The van der Waals surface area contributed by atoms with E-state index in [1.807, 2.05) is 11.7 Å². The summed E-state index contributed by atoms with van der Waals surface area (Å²) in [6, 6.07) is 0.445. The average molecular weight is 265 g/mol. The molecule has 2 N–H and O–H groups in total. The molecule has 0 radical (unpaired) electrons. The number of hydrogen-bond donors (Lipinski definition) is 2. The van der Waals surface area contributed by atoms with E-state index in [1.54, 1.807) is 0 Å². The van der Waals surface area contributed by atoms with Gasteiger partial charge in [0.1, 0.15) is 0 Å². The summed E-state index contributed by atoms with van der Waals surface area (Å²) in [6.07, 6.45) is 6.51. The molecular weight excluding hydrogens is 242 g/mol. The van der Waals surface area contributed by atoms with Gasteiger partial charge < -0.3 is 10.4 Å². The lowest BCUT2D eigenvalue weighted by Crippen LogP contribution is -2.34. The van der Waals surface area contributed by atoms with E-state index < -0.39 is 5.97 Å². The molecule has 0 aliphatic heterocycles. The van der Waals surface area contributed by atoms with Crippen LogP contribution >= 0.6 is 0 Å². The minimum atomic E-state index is -0.640. The number of nitrogens with zero attached hydrogens (tertiary/aromatic N) is 2. The monoisotopic (exact) mass is 265 g/mol. The molecule has 1 aliphatic carbocycles. The molecule has 0 atom stereocenters. The Morgan fingerprint density at radius 1 is 1.47 bits per heavy atom. The molecule has 0 amide bonds. The van der Waals surface area contributed by atoms with Crippen molar-refractivity contribution in [3.05, 3.63) is 17.5 Å². The van der Waals surface area contributed by atoms with Gasteiger partial charge in [-0.3, -0.25) is 9.48 Å². The summed E-state index contributed by atoms with van der Waals surface area (Å²) in [4.78, 5) is 10.9. The highest BCUT2D eigenvalue weighted by atomic mass is 16.4. The number of hydrogen-bond acceptors (Lipinski definition) is 3. The number of aliphatic carboxylic acids is 1. The van der Waals surface area contributed by atoms with Gasteiger partial charge in [0.2, 0.25) is 0 Å². The maximum Gasteiger partial charge on any atom is 0.306 e.